The number of anilines is 1. The van der Waals surface area contributed by atoms with Gasteiger partial charge in [0.2, 0.25) is 0 Å². The molecular formula is C22H17F2NO6S. The summed E-state index contributed by atoms with van der Waals surface area (Å²) in [6.07, 6.45) is 0. The Morgan fingerprint density at radius 3 is 2.50 bits per heavy atom. The van der Waals surface area contributed by atoms with Crippen LogP contribution in [0, 0.1) is 0 Å². The van der Waals surface area contributed by atoms with Gasteiger partial charge < -0.3 is 24.3 Å². The second-order valence-electron chi connectivity index (χ2n) is 6.55. The number of amides is 1. The Bertz CT molecular complexity index is 1120. The summed E-state index contributed by atoms with van der Waals surface area (Å²) in [5.74, 6) is 0.102. The van der Waals surface area contributed by atoms with Gasteiger partial charge in [0.15, 0.2) is 18.1 Å². The van der Waals surface area contributed by atoms with Crippen molar-refractivity contribution in [2.45, 2.75) is 6.61 Å². The standard InChI is InChI=1S/C22H17F2NO6S/c23-22(24)31-15-4-2-14(3-5-15)25-20(26)12-30-21(27)19-8-7-18(32-19)13-1-6-16-17(11-13)29-10-9-28-16/h1-8,11,22H,9-10,12H2,(H,25,26). The van der Waals surface area contributed by atoms with E-state index in [1.54, 1.807) is 12.1 Å². The number of halogens is 2. The van der Waals surface area contributed by atoms with Crippen molar-refractivity contribution in [3.05, 3.63) is 59.5 Å². The van der Waals surface area contributed by atoms with Crippen LogP contribution >= 0.6 is 11.3 Å². The molecule has 166 valence electrons. The lowest BCUT2D eigenvalue weighted by atomic mass is 10.1. The van der Waals surface area contributed by atoms with Crippen molar-refractivity contribution in [1.82, 2.24) is 0 Å². The van der Waals surface area contributed by atoms with Gasteiger partial charge in [-0.2, -0.15) is 8.78 Å². The van der Waals surface area contributed by atoms with Crippen LogP contribution < -0.4 is 19.5 Å². The maximum Gasteiger partial charge on any atom is 0.387 e. The lowest BCUT2D eigenvalue weighted by Gasteiger charge is -2.18. The van der Waals surface area contributed by atoms with E-state index < -0.39 is 25.1 Å². The Kier molecular flexibility index (Phi) is 6.50. The van der Waals surface area contributed by atoms with Gasteiger partial charge in [-0.1, -0.05) is 0 Å². The number of rotatable bonds is 7. The number of ether oxygens (including phenoxy) is 4. The van der Waals surface area contributed by atoms with Crippen LogP contribution in [0.2, 0.25) is 0 Å². The quantitative estimate of drug-likeness (QED) is 0.519. The van der Waals surface area contributed by atoms with Crippen LogP contribution in [-0.2, 0) is 9.53 Å². The molecule has 0 fully saturated rings. The van der Waals surface area contributed by atoms with E-state index in [0.717, 1.165) is 10.4 Å². The van der Waals surface area contributed by atoms with E-state index in [0.29, 0.717) is 35.3 Å². The smallest absolute Gasteiger partial charge is 0.387 e. The molecule has 0 spiro atoms. The Labute approximate surface area is 185 Å². The van der Waals surface area contributed by atoms with Gasteiger partial charge in [0.05, 0.1) is 0 Å². The molecule has 0 atom stereocenters. The van der Waals surface area contributed by atoms with Crippen molar-refractivity contribution >= 4 is 28.9 Å². The van der Waals surface area contributed by atoms with Crippen molar-refractivity contribution in [3.8, 4) is 27.7 Å². The molecular weight excluding hydrogens is 444 g/mol. The fraction of sp³-hybridized carbons (Fsp3) is 0.182. The van der Waals surface area contributed by atoms with Gasteiger partial charge in [-0.25, -0.2) is 4.79 Å². The lowest BCUT2D eigenvalue weighted by Crippen LogP contribution is -2.20. The molecule has 4 rings (SSSR count). The monoisotopic (exact) mass is 461 g/mol. The van der Waals surface area contributed by atoms with Gasteiger partial charge in [-0.15, -0.1) is 11.3 Å². The van der Waals surface area contributed by atoms with Gasteiger partial charge in [0.25, 0.3) is 5.91 Å². The van der Waals surface area contributed by atoms with Crippen LogP contribution in [0.25, 0.3) is 10.4 Å². The van der Waals surface area contributed by atoms with Crippen LogP contribution in [0.4, 0.5) is 14.5 Å². The highest BCUT2D eigenvalue weighted by atomic mass is 32.1. The third-order valence-electron chi connectivity index (χ3n) is 4.33. The number of benzene rings is 2. The number of hydrogen-bond donors (Lipinski definition) is 1. The molecule has 2 heterocycles. The number of esters is 1. The Morgan fingerprint density at radius 1 is 1.00 bits per heavy atom. The molecule has 32 heavy (non-hydrogen) atoms. The predicted molar refractivity (Wildman–Crippen MR) is 113 cm³/mol. The third kappa shape index (κ3) is 5.33. The predicted octanol–water partition coefficient (Wildman–Crippen LogP) is 4.58. The maximum absolute atomic E-state index is 12.3. The molecule has 0 radical (unpaired) electrons. The minimum absolute atomic E-state index is 0.0315. The largest absolute Gasteiger partial charge is 0.486 e. The molecule has 0 aliphatic carbocycles. The summed E-state index contributed by atoms with van der Waals surface area (Å²) in [5.41, 5.74) is 1.22. The zero-order valence-electron chi connectivity index (χ0n) is 16.5. The van der Waals surface area contributed by atoms with E-state index in [2.05, 4.69) is 10.1 Å². The highest BCUT2D eigenvalue weighted by molar-refractivity contribution is 7.17. The molecule has 1 N–H and O–H groups in total. The number of fused-ring (bicyclic) bond motifs is 1. The first-order valence-electron chi connectivity index (χ1n) is 9.49. The summed E-state index contributed by atoms with van der Waals surface area (Å²) in [7, 11) is 0. The summed E-state index contributed by atoms with van der Waals surface area (Å²) in [6.45, 7) is -2.44. The topological polar surface area (TPSA) is 83.1 Å². The molecule has 0 unspecified atom stereocenters. The first-order chi connectivity index (χ1) is 15.5. The van der Waals surface area contributed by atoms with Crippen LogP contribution in [-0.4, -0.2) is 38.3 Å². The number of carbonyl (C=O) groups is 2. The van der Waals surface area contributed by atoms with E-state index >= 15 is 0 Å². The summed E-state index contributed by atoms with van der Waals surface area (Å²) in [5, 5.41) is 2.51. The highest BCUT2D eigenvalue weighted by Crippen LogP contribution is 2.37. The SMILES string of the molecule is O=C(COC(=O)c1ccc(-c2ccc3c(c2)OCCO3)s1)Nc1ccc(OC(F)F)cc1. The van der Waals surface area contributed by atoms with Gasteiger partial charge >= 0.3 is 12.6 Å². The number of alkyl halides is 2. The minimum Gasteiger partial charge on any atom is -0.486 e. The van der Waals surface area contributed by atoms with Gasteiger partial charge in [0, 0.05) is 10.6 Å². The molecule has 7 nitrogen and oxygen atoms in total. The Hall–Kier alpha value is -3.66. The molecule has 1 aromatic heterocycles. The van der Waals surface area contributed by atoms with Crippen molar-refractivity contribution in [1.29, 1.82) is 0 Å². The van der Waals surface area contributed by atoms with Gasteiger partial charge in [-0.05, 0) is 60.2 Å². The number of carbonyl (C=O) groups excluding carboxylic acids is 2. The summed E-state index contributed by atoms with van der Waals surface area (Å²) in [4.78, 5) is 25.5. The zero-order valence-corrected chi connectivity index (χ0v) is 17.3. The molecule has 3 aromatic rings. The number of nitrogens with one attached hydrogen (secondary N) is 1. The Morgan fingerprint density at radius 2 is 1.75 bits per heavy atom. The summed E-state index contributed by atoms with van der Waals surface area (Å²) >= 11 is 1.23. The average Bonchev–Trinajstić information content (AvgIpc) is 3.29. The second-order valence-corrected chi connectivity index (χ2v) is 7.63. The van der Waals surface area contributed by atoms with E-state index in [-0.39, 0.29) is 5.75 Å². The third-order valence-corrected chi connectivity index (χ3v) is 5.45. The fourth-order valence-corrected chi connectivity index (χ4v) is 3.81. The second kappa shape index (κ2) is 9.65. The molecule has 1 amide bonds. The van der Waals surface area contributed by atoms with Crippen LogP contribution in [0.15, 0.2) is 54.6 Å². The van der Waals surface area contributed by atoms with Gasteiger partial charge in [0.1, 0.15) is 23.8 Å². The van der Waals surface area contributed by atoms with Crippen molar-refractivity contribution in [2.24, 2.45) is 0 Å². The molecule has 10 heteroatoms. The first kappa shape index (κ1) is 21.6. The molecule has 0 saturated heterocycles. The fourth-order valence-electron chi connectivity index (χ4n) is 2.92. The zero-order chi connectivity index (χ0) is 22.5. The number of thiophene rings is 1. The molecule has 2 aromatic carbocycles. The van der Waals surface area contributed by atoms with E-state index in [1.165, 1.54) is 35.6 Å². The van der Waals surface area contributed by atoms with E-state index in [1.807, 2.05) is 18.2 Å². The van der Waals surface area contributed by atoms with E-state index in [9.17, 15) is 18.4 Å². The van der Waals surface area contributed by atoms with Crippen LogP contribution in [0.1, 0.15) is 9.67 Å². The van der Waals surface area contributed by atoms with Crippen molar-refractivity contribution < 1.29 is 37.3 Å². The van der Waals surface area contributed by atoms with Crippen molar-refractivity contribution in [2.75, 3.05) is 25.1 Å². The van der Waals surface area contributed by atoms with Crippen LogP contribution in [0.3, 0.4) is 0 Å². The number of hydrogen-bond acceptors (Lipinski definition) is 7. The normalized spacial score (nSPS) is 12.3. The first-order valence-corrected chi connectivity index (χ1v) is 10.3. The van der Waals surface area contributed by atoms with Crippen LogP contribution in [0.5, 0.6) is 17.2 Å². The highest BCUT2D eigenvalue weighted by Gasteiger charge is 2.16. The minimum atomic E-state index is -2.93. The molecule has 0 bridgehead atoms. The van der Waals surface area contributed by atoms with Crippen molar-refractivity contribution in [3.63, 3.8) is 0 Å². The van der Waals surface area contributed by atoms with E-state index in [4.69, 9.17) is 14.2 Å². The summed E-state index contributed by atoms with van der Waals surface area (Å²) < 4.78 is 44.7. The molecule has 1 aliphatic heterocycles. The maximum atomic E-state index is 12.3. The molecule has 0 saturated carbocycles. The van der Waals surface area contributed by atoms with Gasteiger partial charge in [-0.3, -0.25) is 4.79 Å². The average molecular weight is 461 g/mol. The Balaban J connectivity index is 1.31. The summed E-state index contributed by atoms with van der Waals surface area (Å²) in [6, 6.07) is 14.3. The molecule has 1 aliphatic rings. The lowest BCUT2D eigenvalue weighted by molar-refractivity contribution is -0.119.